The van der Waals surface area contributed by atoms with Crippen LogP contribution in [0.5, 0.6) is 0 Å². The first-order valence-corrected chi connectivity index (χ1v) is 3.52. The van der Waals surface area contributed by atoms with E-state index < -0.39 is 11.9 Å². The fraction of sp³-hybridized carbons (Fsp3) is 0.200. The Balaban J connectivity index is 2.99. The molecule has 0 unspecified atom stereocenters. The molecule has 0 spiro atoms. The van der Waals surface area contributed by atoms with Crippen molar-refractivity contribution in [3.8, 4) is 0 Å². The lowest BCUT2D eigenvalue weighted by atomic mass is 10.5. The van der Waals surface area contributed by atoms with Gasteiger partial charge in [-0.05, 0) is 0 Å². The molecule has 1 rings (SSSR count). The first kappa shape index (κ1) is 8.89. The number of isocyanates is 1. The first-order chi connectivity index (χ1) is 5.54. The van der Waals surface area contributed by atoms with E-state index in [1.165, 1.54) is 0 Å². The Labute approximate surface area is 68.6 Å². The average Bonchev–Trinajstić information content (AvgIpc) is 2.35. The number of hydrogen-bond donors (Lipinski definition) is 0. The van der Waals surface area contributed by atoms with Crippen LogP contribution in [0.25, 0.3) is 0 Å². The molecule has 1 aromatic heterocycles. The monoisotopic (exact) mass is 194 g/mol. The molecule has 0 aromatic carbocycles. The van der Waals surface area contributed by atoms with Crippen molar-refractivity contribution in [2.75, 3.05) is 0 Å². The van der Waals surface area contributed by atoms with Gasteiger partial charge >= 0.3 is 6.18 Å². The van der Waals surface area contributed by atoms with E-state index in [9.17, 15) is 18.0 Å². The molecule has 0 N–H and O–H groups in total. The van der Waals surface area contributed by atoms with Crippen molar-refractivity contribution in [3.05, 3.63) is 11.1 Å². The maximum Gasteiger partial charge on any atom is 0.434 e. The number of aromatic nitrogens is 1. The molecule has 64 valence electrons. The second-order valence-corrected chi connectivity index (χ2v) is 2.55. The Morgan fingerprint density at radius 1 is 1.58 bits per heavy atom. The third-order valence-corrected chi connectivity index (χ3v) is 1.66. The summed E-state index contributed by atoms with van der Waals surface area (Å²) >= 11 is 0.641. The lowest BCUT2D eigenvalue weighted by Crippen LogP contribution is -2.04. The Bertz CT molecular complexity index is 326. The van der Waals surface area contributed by atoms with E-state index in [0.717, 1.165) is 11.5 Å². The average molecular weight is 194 g/mol. The molecule has 1 heterocycles. The molecule has 12 heavy (non-hydrogen) atoms. The predicted octanol–water partition coefficient (Wildman–Crippen LogP) is 2.13. The summed E-state index contributed by atoms with van der Waals surface area (Å²) in [5, 5.41) is 0.549. The van der Waals surface area contributed by atoms with Crippen LogP contribution in [0.1, 0.15) is 5.69 Å². The van der Waals surface area contributed by atoms with Gasteiger partial charge in [0, 0.05) is 5.38 Å². The summed E-state index contributed by atoms with van der Waals surface area (Å²) in [6.45, 7) is 0. The highest BCUT2D eigenvalue weighted by molar-refractivity contribution is 7.13. The van der Waals surface area contributed by atoms with Gasteiger partial charge in [0.15, 0.2) is 5.69 Å². The zero-order chi connectivity index (χ0) is 9.19. The third kappa shape index (κ3) is 1.90. The summed E-state index contributed by atoms with van der Waals surface area (Å²) in [6, 6.07) is 0. The minimum atomic E-state index is -4.48. The lowest BCUT2D eigenvalue weighted by molar-refractivity contribution is -0.140. The van der Waals surface area contributed by atoms with Crippen LogP contribution in [-0.4, -0.2) is 11.1 Å². The van der Waals surface area contributed by atoms with Crippen LogP contribution in [0.2, 0.25) is 0 Å². The number of thiazole rings is 1. The molecule has 0 saturated carbocycles. The molecule has 3 nitrogen and oxygen atoms in total. The van der Waals surface area contributed by atoms with Gasteiger partial charge in [-0.1, -0.05) is 0 Å². The Morgan fingerprint density at radius 3 is 2.67 bits per heavy atom. The maximum absolute atomic E-state index is 11.8. The summed E-state index contributed by atoms with van der Waals surface area (Å²) in [7, 11) is 0. The summed E-state index contributed by atoms with van der Waals surface area (Å²) in [5.41, 5.74) is -1.04. The smallest absolute Gasteiger partial charge is 0.213 e. The molecule has 0 aliphatic carbocycles. The van der Waals surface area contributed by atoms with E-state index in [1.54, 1.807) is 0 Å². The third-order valence-electron chi connectivity index (χ3n) is 0.924. The second-order valence-electron chi connectivity index (χ2n) is 1.72. The summed E-state index contributed by atoms with van der Waals surface area (Å²) < 4.78 is 35.5. The number of halogens is 3. The number of aliphatic imine (C=N–C) groups is 1. The Morgan fingerprint density at radius 2 is 2.25 bits per heavy atom. The molecular weight excluding hydrogens is 193 g/mol. The van der Waals surface area contributed by atoms with Gasteiger partial charge in [0.2, 0.25) is 11.2 Å². The van der Waals surface area contributed by atoms with Crippen molar-refractivity contribution in [3.63, 3.8) is 0 Å². The number of alkyl halides is 3. The lowest BCUT2D eigenvalue weighted by Gasteiger charge is -1.98. The normalized spacial score (nSPS) is 10.9. The van der Waals surface area contributed by atoms with Gasteiger partial charge in [-0.3, -0.25) is 0 Å². The SMILES string of the molecule is O=C=Nc1nc(C(F)(F)F)cs1. The fourth-order valence-corrected chi connectivity index (χ4v) is 1.13. The number of carbonyl (C=O) groups excluding carboxylic acids is 1. The van der Waals surface area contributed by atoms with Crippen molar-refractivity contribution in [2.24, 2.45) is 4.99 Å². The number of hydrogen-bond acceptors (Lipinski definition) is 4. The van der Waals surface area contributed by atoms with Crippen molar-refractivity contribution in [1.82, 2.24) is 4.98 Å². The number of nitrogens with zero attached hydrogens (tertiary/aromatic N) is 2. The van der Waals surface area contributed by atoms with E-state index in [0.29, 0.717) is 11.3 Å². The zero-order valence-corrected chi connectivity index (χ0v) is 6.24. The second kappa shape index (κ2) is 3.04. The van der Waals surface area contributed by atoms with Gasteiger partial charge < -0.3 is 0 Å². The summed E-state index contributed by atoms with van der Waals surface area (Å²) in [5.74, 6) is 0. The molecule has 0 atom stereocenters. The van der Waals surface area contributed by atoms with Crippen LogP contribution >= 0.6 is 11.3 Å². The molecule has 0 bridgehead atoms. The number of rotatable bonds is 1. The van der Waals surface area contributed by atoms with Crippen LogP contribution in [0.15, 0.2) is 10.4 Å². The highest BCUT2D eigenvalue weighted by Crippen LogP contribution is 2.32. The molecule has 0 aliphatic rings. The molecule has 1 aromatic rings. The Kier molecular flexibility index (Phi) is 2.25. The van der Waals surface area contributed by atoms with Crippen molar-refractivity contribution in [1.29, 1.82) is 0 Å². The molecular formula is C5HF3N2OS. The predicted molar refractivity (Wildman–Crippen MR) is 34.9 cm³/mol. The summed E-state index contributed by atoms with van der Waals surface area (Å²) in [4.78, 5) is 15.6. The molecule has 0 radical (unpaired) electrons. The van der Waals surface area contributed by atoms with Crippen LogP contribution in [0.3, 0.4) is 0 Å². The van der Waals surface area contributed by atoms with Gasteiger partial charge in [-0.25, -0.2) is 9.78 Å². The minimum absolute atomic E-state index is 0.239. The molecule has 0 fully saturated rings. The standard InChI is InChI=1S/C5HF3N2OS/c6-5(7,8)3-1-12-4(10-3)9-2-11/h1H. The van der Waals surface area contributed by atoms with E-state index >= 15 is 0 Å². The summed E-state index contributed by atoms with van der Waals surface area (Å²) in [6.07, 6.45) is -3.37. The Hall–Kier alpha value is -1.20. The highest BCUT2D eigenvalue weighted by Gasteiger charge is 2.33. The molecule has 0 amide bonds. The van der Waals surface area contributed by atoms with Crippen molar-refractivity contribution in [2.45, 2.75) is 6.18 Å². The first-order valence-electron chi connectivity index (χ1n) is 2.64. The van der Waals surface area contributed by atoms with Gasteiger partial charge in [-0.2, -0.15) is 13.2 Å². The van der Waals surface area contributed by atoms with Crippen LogP contribution < -0.4 is 0 Å². The topological polar surface area (TPSA) is 42.3 Å². The van der Waals surface area contributed by atoms with Gasteiger partial charge in [0.1, 0.15) is 0 Å². The van der Waals surface area contributed by atoms with Crippen LogP contribution in [0, 0.1) is 0 Å². The van der Waals surface area contributed by atoms with Crippen LogP contribution in [-0.2, 0) is 11.0 Å². The van der Waals surface area contributed by atoms with Gasteiger partial charge in [0.05, 0.1) is 0 Å². The maximum atomic E-state index is 11.8. The van der Waals surface area contributed by atoms with Gasteiger partial charge in [0.25, 0.3) is 0 Å². The molecule has 7 heteroatoms. The highest BCUT2D eigenvalue weighted by atomic mass is 32.1. The van der Waals surface area contributed by atoms with E-state index in [4.69, 9.17) is 0 Å². The quantitative estimate of drug-likeness (QED) is 0.507. The van der Waals surface area contributed by atoms with Gasteiger partial charge in [-0.15, -0.1) is 16.3 Å². The minimum Gasteiger partial charge on any atom is -0.213 e. The molecule has 0 saturated heterocycles. The van der Waals surface area contributed by atoms with Crippen molar-refractivity contribution < 1.29 is 18.0 Å². The van der Waals surface area contributed by atoms with E-state index in [1.807, 2.05) is 0 Å². The molecule has 0 aliphatic heterocycles. The van der Waals surface area contributed by atoms with E-state index in [-0.39, 0.29) is 5.13 Å². The zero-order valence-electron chi connectivity index (χ0n) is 5.42. The van der Waals surface area contributed by atoms with Crippen molar-refractivity contribution >= 4 is 22.5 Å². The largest absolute Gasteiger partial charge is 0.434 e. The van der Waals surface area contributed by atoms with Crippen LogP contribution in [0.4, 0.5) is 18.3 Å². The van der Waals surface area contributed by atoms with E-state index in [2.05, 4.69) is 9.98 Å². The fourth-order valence-electron chi connectivity index (χ4n) is 0.485.